The Hall–Kier alpha value is -2.05. The van der Waals surface area contributed by atoms with Crippen LogP contribution in [0.5, 0.6) is 5.75 Å². The first-order chi connectivity index (χ1) is 13.4. The first-order valence-electron chi connectivity index (χ1n) is 9.00. The summed E-state index contributed by atoms with van der Waals surface area (Å²) in [6.45, 7) is 4.39. The number of nitrogens with zero attached hydrogens (tertiary/aromatic N) is 1. The van der Waals surface area contributed by atoms with Gasteiger partial charge in [0.2, 0.25) is 0 Å². The molecule has 150 valence electrons. The fraction of sp³-hybridized carbons (Fsp3) is 0.333. The molecule has 2 rings (SSSR count). The number of rotatable bonds is 9. The summed E-state index contributed by atoms with van der Waals surface area (Å²) in [6.07, 6.45) is -0.604. The van der Waals surface area contributed by atoms with Gasteiger partial charge in [-0.1, -0.05) is 41.9 Å². The first kappa shape index (κ1) is 22.2. The van der Waals surface area contributed by atoms with Crippen molar-refractivity contribution in [2.75, 3.05) is 13.2 Å². The first-order valence-corrected chi connectivity index (χ1v) is 10.2. The zero-order chi connectivity index (χ0) is 20.5. The molecule has 0 heterocycles. The van der Waals surface area contributed by atoms with Crippen LogP contribution in [0.1, 0.15) is 25.8 Å². The third-order valence-electron chi connectivity index (χ3n) is 3.96. The second-order valence-corrected chi connectivity index (χ2v) is 7.43. The van der Waals surface area contributed by atoms with E-state index in [0.29, 0.717) is 28.4 Å². The van der Waals surface area contributed by atoms with Gasteiger partial charge in [0.25, 0.3) is 5.91 Å². The zero-order valence-corrected chi connectivity index (χ0v) is 18.2. The van der Waals surface area contributed by atoms with Crippen molar-refractivity contribution in [2.45, 2.75) is 32.9 Å². The molecule has 0 aromatic heterocycles. The molecule has 0 N–H and O–H groups in total. The molecule has 0 aliphatic heterocycles. The van der Waals surface area contributed by atoms with Gasteiger partial charge in [0.05, 0.1) is 17.5 Å². The molecular weight excluding hydrogens is 446 g/mol. The zero-order valence-electron chi connectivity index (χ0n) is 15.9. The van der Waals surface area contributed by atoms with Gasteiger partial charge in [-0.15, -0.1) is 0 Å². The van der Waals surface area contributed by atoms with E-state index in [2.05, 4.69) is 15.9 Å². The minimum Gasteiger partial charge on any atom is -0.480 e. The molecule has 28 heavy (non-hydrogen) atoms. The Kier molecular flexibility index (Phi) is 8.80. The Bertz CT molecular complexity index is 800. The fourth-order valence-corrected chi connectivity index (χ4v) is 3.38. The lowest BCUT2D eigenvalue weighted by Crippen LogP contribution is -2.41. The predicted octanol–water partition coefficient (Wildman–Crippen LogP) is 4.85. The summed E-state index contributed by atoms with van der Waals surface area (Å²) >= 11 is 9.34. The summed E-state index contributed by atoms with van der Waals surface area (Å²) in [6, 6.07) is 14.7. The molecule has 0 saturated heterocycles. The van der Waals surface area contributed by atoms with E-state index in [1.165, 1.54) is 0 Å². The normalized spacial score (nSPS) is 11.6. The summed E-state index contributed by atoms with van der Waals surface area (Å²) in [5.74, 6) is -0.0207. The van der Waals surface area contributed by atoms with E-state index in [0.717, 1.165) is 5.56 Å². The maximum atomic E-state index is 13.0. The highest BCUT2D eigenvalue weighted by molar-refractivity contribution is 9.10. The minimum absolute atomic E-state index is 0.129. The van der Waals surface area contributed by atoms with Crippen LogP contribution in [0.15, 0.2) is 53.0 Å². The fourth-order valence-electron chi connectivity index (χ4n) is 2.60. The number of amides is 1. The summed E-state index contributed by atoms with van der Waals surface area (Å²) in [4.78, 5) is 26.4. The van der Waals surface area contributed by atoms with Crippen molar-refractivity contribution < 1.29 is 19.1 Å². The monoisotopic (exact) mass is 467 g/mol. The van der Waals surface area contributed by atoms with Crippen molar-refractivity contribution >= 4 is 39.4 Å². The van der Waals surface area contributed by atoms with Crippen molar-refractivity contribution in [3.8, 4) is 5.75 Å². The SMILES string of the molecule is CCOC(=O)CCN(Cc1ccccc1)C(=O)C(C)Oc1ccc(Cl)cc1Br. The lowest BCUT2D eigenvalue weighted by Gasteiger charge is -2.26. The number of benzene rings is 2. The Balaban J connectivity index is 2.10. The van der Waals surface area contributed by atoms with Gasteiger partial charge in [0.1, 0.15) is 5.75 Å². The third-order valence-corrected chi connectivity index (χ3v) is 4.82. The molecule has 0 bridgehead atoms. The van der Waals surface area contributed by atoms with Crippen LogP contribution >= 0.6 is 27.5 Å². The van der Waals surface area contributed by atoms with Gasteiger partial charge in [-0.2, -0.15) is 0 Å². The number of ether oxygens (including phenoxy) is 2. The van der Waals surface area contributed by atoms with Crippen molar-refractivity contribution in [3.05, 3.63) is 63.6 Å². The molecule has 0 fully saturated rings. The lowest BCUT2D eigenvalue weighted by molar-refractivity contribution is -0.145. The van der Waals surface area contributed by atoms with Gasteiger partial charge in [-0.25, -0.2) is 0 Å². The highest BCUT2D eigenvalue weighted by Gasteiger charge is 2.24. The van der Waals surface area contributed by atoms with E-state index in [4.69, 9.17) is 21.1 Å². The Morgan fingerprint density at radius 2 is 1.89 bits per heavy atom. The van der Waals surface area contributed by atoms with Crippen LogP contribution in [-0.4, -0.2) is 36.0 Å². The van der Waals surface area contributed by atoms with Gasteiger partial charge >= 0.3 is 5.97 Å². The number of esters is 1. The number of halogens is 2. The van der Waals surface area contributed by atoms with E-state index >= 15 is 0 Å². The van der Waals surface area contributed by atoms with E-state index in [-0.39, 0.29) is 24.8 Å². The molecule has 1 amide bonds. The van der Waals surface area contributed by atoms with Crippen molar-refractivity contribution in [1.82, 2.24) is 4.90 Å². The summed E-state index contributed by atoms with van der Waals surface area (Å²) in [5, 5.41) is 0.568. The van der Waals surface area contributed by atoms with Crippen LogP contribution in [0.3, 0.4) is 0 Å². The Labute approximate surface area is 178 Å². The molecule has 0 aliphatic carbocycles. The molecule has 0 radical (unpaired) electrons. The lowest BCUT2D eigenvalue weighted by atomic mass is 10.2. The second kappa shape index (κ2) is 11.1. The van der Waals surface area contributed by atoms with Crippen LogP contribution in [0, 0.1) is 0 Å². The molecule has 0 spiro atoms. The molecule has 5 nitrogen and oxygen atoms in total. The molecule has 2 aromatic carbocycles. The molecule has 2 aromatic rings. The Morgan fingerprint density at radius 1 is 1.18 bits per heavy atom. The number of hydrogen-bond acceptors (Lipinski definition) is 4. The summed E-state index contributed by atoms with van der Waals surface area (Å²) in [7, 11) is 0. The number of hydrogen-bond donors (Lipinski definition) is 0. The van der Waals surface area contributed by atoms with Crippen molar-refractivity contribution in [2.24, 2.45) is 0 Å². The Morgan fingerprint density at radius 3 is 2.54 bits per heavy atom. The molecule has 1 atom stereocenters. The standard InChI is InChI=1S/C21H23BrClNO4/c1-3-27-20(25)11-12-24(14-16-7-5-4-6-8-16)21(26)15(2)28-19-10-9-17(23)13-18(19)22/h4-10,13,15H,3,11-12,14H2,1-2H3. The predicted molar refractivity (Wildman–Crippen MR) is 112 cm³/mol. The van der Waals surface area contributed by atoms with Crippen LogP contribution in [0.25, 0.3) is 0 Å². The number of carbonyl (C=O) groups excluding carboxylic acids is 2. The third kappa shape index (κ3) is 6.84. The minimum atomic E-state index is -0.733. The van der Waals surface area contributed by atoms with Gasteiger partial charge in [-0.05, 0) is 53.5 Å². The van der Waals surface area contributed by atoms with Gasteiger partial charge < -0.3 is 14.4 Å². The molecule has 1 unspecified atom stereocenters. The average Bonchev–Trinajstić information content (AvgIpc) is 2.67. The van der Waals surface area contributed by atoms with Crippen LogP contribution in [-0.2, 0) is 20.9 Å². The highest BCUT2D eigenvalue weighted by Crippen LogP contribution is 2.29. The summed E-state index contributed by atoms with van der Waals surface area (Å²) < 4.78 is 11.5. The molecule has 7 heteroatoms. The maximum Gasteiger partial charge on any atom is 0.307 e. The second-order valence-electron chi connectivity index (χ2n) is 6.14. The van der Waals surface area contributed by atoms with Gasteiger partial charge in [0.15, 0.2) is 6.10 Å². The van der Waals surface area contributed by atoms with Crippen LogP contribution in [0.4, 0.5) is 0 Å². The van der Waals surface area contributed by atoms with E-state index in [1.54, 1.807) is 36.9 Å². The van der Waals surface area contributed by atoms with Gasteiger partial charge in [0, 0.05) is 18.1 Å². The van der Waals surface area contributed by atoms with E-state index in [1.807, 2.05) is 30.3 Å². The number of carbonyl (C=O) groups is 2. The average molecular weight is 469 g/mol. The maximum absolute atomic E-state index is 13.0. The molecular formula is C21H23BrClNO4. The van der Waals surface area contributed by atoms with Crippen molar-refractivity contribution in [1.29, 1.82) is 0 Å². The smallest absolute Gasteiger partial charge is 0.307 e. The van der Waals surface area contributed by atoms with Crippen LogP contribution < -0.4 is 4.74 Å². The van der Waals surface area contributed by atoms with Gasteiger partial charge in [-0.3, -0.25) is 9.59 Å². The van der Waals surface area contributed by atoms with E-state index in [9.17, 15) is 9.59 Å². The highest BCUT2D eigenvalue weighted by atomic mass is 79.9. The van der Waals surface area contributed by atoms with Crippen molar-refractivity contribution in [3.63, 3.8) is 0 Å². The quantitative estimate of drug-likeness (QED) is 0.494. The summed E-state index contributed by atoms with van der Waals surface area (Å²) in [5.41, 5.74) is 0.972. The topological polar surface area (TPSA) is 55.8 Å². The molecule has 0 aliphatic rings. The largest absolute Gasteiger partial charge is 0.480 e. The molecule has 0 saturated carbocycles. The van der Waals surface area contributed by atoms with E-state index < -0.39 is 6.10 Å². The van der Waals surface area contributed by atoms with Crippen LogP contribution in [0.2, 0.25) is 5.02 Å².